The maximum atomic E-state index is 11.4. The van der Waals surface area contributed by atoms with E-state index in [-0.39, 0.29) is 18.9 Å². The Morgan fingerprint density at radius 2 is 2.04 bits per heavy atom. The number of carbonyl (C=O) groups is 1. The van der Waals surface area contributed by atoms with E-state index in [9.17, 15) is 4.79 Å². The SMILES string of the molecule is CCOCc1nc2c(N)nc3ccccc3c2n1C(C)(CCC(N)=O)OC. The van der Waals surface area contributed by atoms with Crippen LogP contribution in [0.15, 0.2) is 24.3 Å². The average Bonchev–Trinajstić information content (AvgIpc) is 3.05. The third-order valence-electron chi connectivity index (χ3n) is 4.77. The van der Waals surface area contributed by atoms with Crippen LogP contribution < -0.4 is 11.5 Å². The number of amides is 1. The lowest BCUT2D eigenvalue weighted by atomic mass is 10.1. The van der Waals surface area contributed by atoms with E-state index in [1.54, 1.807) is 7.11 Å². The first-order valence-electron chi connectivity index (χ1n) is 8.88. The van der Waals surface area contributed by atoms with E-state index in [1.165, 1.54) is 0 Å². The van der Waals surface area contributed by atoms with Gasteiger partial charge >= 0.3 is 0 Å². The molecule has 1 atom stereocenters. The van der Waals surface area contributed by atoms with E-state index in [0.717, 1.165) is 16.4 Å². The summed E-state index contributed by atoms with van der Waals surface area (Å²) in [4.78, 5) is 20.6. The average molecular weight is 371 g/mol. The second kappa shape index (κ2) is 7.50. The molecule has 0 aliphatic carbocycles. The number of hydrogen-bond donors (Lipinski definition) is 2. The van der Waals surface area contributed by atoms with E-state index < -0.39 is 5.72 Å². The number of aromatic nitrogens is 3. The summed E-state index contributed by atoms with van der Waals surface area (Å²) in [6.45, 7) is 4.65. The number of nitrogens with two attached hydrogens (primary N) is 2. The predicted molar refractivity (Wildman–Crippen MR) is 104 cm³/mol. The summed E-state index contributed by atoms with van der Waals surface area (Å²) < 4.78 is 13.4. The number of anilines is 1. The van der Waals surface area contributed by atoms with Crippen LogP contribution in [-0.4, -0.2) is 34.2 Å². The van der Waals surface area contributed by atoms with Crippen molar-refractivity contribution in [2.24, 2.45) is 5.73 Å². The Kier molecular flexibility index (Phi) is 5.29. The molecule has 2 aromatic heterocycles. The van der Waals surface area contributed by atoms with E-state index >= 15 is 0 Å². The highest BCUT2D eigenvalue weighted by Crippen LogP contribution is 2.35. The van der Waals surface area contributed by atoms with E-state index in [1.807, 2.05) is 42.7 Å². The minimum absolute atomic E-state index is 0.177. The molecule has 0 fully saturated rings. The fourth-order valence-corrected chi connectivity index (χ4v) is 3.31. The third-order valence-corrected chi connectivity index (χ3v) is 4.77. The topological polar surface area (TPSA) is 118 Å². The number of para-hydroxylation sites is 1. The molecule has 27 heavy (non-hydrogen) atoms. The molecule has 1 amide bonds. The number of imidazole rings is 1. The Balaban J connectivity index is 2.34. The molecule has 0 aliphatic heterocycles. The third kappa shape index (κ3) is 3.45. The normalized spacial score (nSPS) is 13.9. The smallest absolute Gasteiger partial charge is 0.217 e. The highest BCUT2D eigenvalue weighted by molar-refractivity contribution is 6.06. The number of primary amides is 1. The molecular weight excluding hydrogens is 346 g/mol. The number of methoxy groups -OCH3 is 1. The minimum atomic E-state index is -0.854. The fourth-order valence-electron chi connectivity index (χ4n) is 3.31. The molecule has 0 aliphatic rings. The lowest BCUT2D eigenvalue weighted by molar-refractivity contribution is -0.122. The maximum absolute atomic E-state index is 11.4. The molecule has 0 bridgehead atoms. The van der Waals surface area contributed by atoms with Gasteiger partial charge < -0.3 is 20.9 Å². The first-order valence-corrected chi connectivity index (χ1v) is 8.88. The molecule has 2 heterocycles. The van der Waals surface area contributed by atoms with Crippen LogP contribution in [0.4, 0.5) is 5.82 Å². The Hall–Kier alpha value is -2.71. The molecule has 4 N–H and O–H groups in total. The summed E-state index contributed by atoms with van der Waals surface area (Å²) in [6, 6.07) is 7.72. The van der Waals surface area contributed by atoms with Gasteiger partial charge in [-0.3, -0.25) is 9.36 Å². The molecule has 144 valence electrons. The van der Waals surface area contributed by atoms with Gasteiger partial charge in [0, 0.05) is 31.9 Å². The van der Waals surface area contributed by atoms with Gasteiger partial charge in [0.25, 0.3) is 0 Å². The summed E-state index contributed by atoms with van der Waals surface area (Å²) in [7, 11) is 1.60. The van der Waals surface area contributed by atoms with Crippen molar-refractivity contribution in [1.82, 2.24) is 14.5 Å². The van der Waals surface area contributed by atoms with Crippen LogP contribution in [0.5, 0.6) is 0 Å². The second-order valence-electron chi connectivity index (χ2n) is 6.56. The monoisotopic (exact) mass is 371 g/mol. The zero-order valence-electron chi connectivity index (χ0n) is 15.9. The van der Waals surface area contributed by atoms with Crippen molar-refractivity contribution in [1.29, 1.82) is 0 Å². The fraction of sp³-hybridized carbons (Fsp3) is 0.421. The van der Waals surface area contributed by atoms with Gasteiger partial charge in [-0.15, -0.1) is 0 Å². The molecule has 1 unspecified atom stereocenters. The molecular formula is C19H25N5O3. The van der Waals surface area contributed by atoms with Gasteiger partial charge in [0.2, 0.25) is 5.91 Å². The lowest BCUT2D eigenvalue weighted by Gasteiger charge is -2.32. The summed E-state index contributed by atoms with van der Waals surface area (Å²) in [5.41, 5.74) is 12.9. The van der Waals surface area contributed by atoms with Crippen LogP contribution in [0.1, 0.15) is 32.5 Å². The largest absolute Gasteiger partial charge is 0.382 e. The number of pyridine rings is 1. The van der Waals surface area contributed by atoms with Gasteiger partial charge in [-0.2, -0.15) is 0 Å². The molecule has 0 saturated carbocycles. The van der Waals surface area contributed by atoms with Crippen LogP contribution in [0, 0.1) is 0 Å². The zero-order chi connectivity index (χ0) is 19.6. The van der Waals surface area contributed by atoms with E-state index in [2.05, 4.69) is 4.98 Å². The minimum Gasteiger partial charge on any atom is -0.382 e. The van der Waals surface area contributed by atoms with Crippen LogP contribution in [0.25, 0.3) is 21.9 Å². The lowest BCUT2D eigenvalue weighted by Crippen LogP contribution is -2.35. The number of nitrogen functional groups attached to an aromatic ring is 1. The summed E-state index contributed by atoms with van der Waals surface area (Å²) >= 11 is 0. The quantitative estimate of drug-likeness (QED) is 0.627. The number of fused-ring (bicyclic) bond motifs is 3. The van der Waals surface area contributed by atoms with Crippen LogP contribution in [0.3, 0.4) is 0 Å². The van der Waals surface area contributed by atoms with E-state index in [0.29, 0.717) is 30.2 Å². The Morgan fingerprint density at radius 1 is 1.30 bits per heavy atom. The van der Waals surface area contributed by atoms with Gasteiger partial charge in [-0.25, -0.2) is 9.97 Å². The van der Waals surface area contributed by atoms with Crippen molar-refractivity contribution in [2.45, 2.75) is 39.0 Å². The summed E-state index contributed by atoms with van der Waals surface area (Å²) in [5, 5.41) is 0.902. The molecule has 1 aromatic carbocycles. The van der Waals surface area contributed by atoms with Crippen molar-refractivity contribution in [3.8, 4) is 0 Å². The molecule has 8 nitrogen and oxygen atoms in total. The molecule has 0 radical (unpaired) electrons. The predicted octanol–water partition coefficient (Wildman–Crippen LogP) is 2.29. The number of hydrogen-bond acceptors (Lipinski definition) is 6. The highest BCUT2D eigenvalue weighted by Gasteiger charge is 2.32. The van der Waals surface area contributed by atoms with Crippen molar-refractivity contribution < 1.29 is 14.3 Å². The highest BCUT2D eigenvalue weighted by atomic mass is 16.5. The standard InChI is InChI=1S/C19H25N5O3/c1-4-27-11-15-23-16-17(12-7-5-6-8-13(12)22-18(16)21)24(15)19(2,26-3)10-9-14(20)25/h5-8H,4,9-11H2,1-3H3,(H2,20,25)(H2,21,22). The second-order valence-corrected chi connectivity index (χ2v) is 6.56. The van der Waals surface area contributed by atoms with Gasteiger partial charge in [0.05, 0.1) is 11.0 Å². The first-order chi connectivity index (χ1) is 12.9. The van der Waals surface area contributed by atoms with Crippen molar-refractivity contribution in [3.05, 3.63) is 30.1 Å². The Morgan fingerprint density at radius 3 is 2.70 bits per heavy atom. The van der Waals surface area contributed by atoms with Crippen molar-refractivity contribution in [2.75, 3.05) is 19.5 Å². The van der Waals surface area contributed by atoms with Gasteiger partial charge in [0.15, 0.2) is 5.82 Å². The Bertz CT molecular complexity index is 984. The maximum Gasteiger partial charge on any atom is 0.217 e. The van der Waals surface area contributed by atoms with Crippen molar-refractivity contribution >= 4 is 33.7 Å². The summed E-state index contributed by atoms with van der Waals surface area (Å²) in [6.07, 6.45) is 0.566. The zero-order valence-corrected chi connectivity index (χ0v) is 15.9. The van der Waals surface area contributed by atoms with Gasteiger partial charge in [-0.1, -0.05) is 18.2 Å². The van der Waals surface area contributed by atoms with Crippen molar-refractivity contribution in [3.63, 3.8) is 0 Å². The summed E-state index contributed by atoms with van der Waals surface area (Å²) in [5.74, 6) is 0.610. The van der Waals surface area contributed by atoms with E-state index in [4.69, 9.17) is 25.9 Å². The first kappa shape index (κ1) is 19.1. The molecule has 3 aromatic rings. The number of benzene rings is 1. The molecule has 0 saturated heterocycles. The number of carbonyl (C=O) groups excluding carboxylic acids is 1. The van der Waals surface area contributed by atoms with Crippen LogP contribution in [-0.2, 0) is 26.6 Å². The Labute approximate surface area is 157 Å². The van der Waals surface area contributed by atoms with Gasteiger partial charge in [-0.05, 0) is 19.9 Å². The van der Waals surface area contributed by atoms with Crippen LogP contribution >= 0.6 is 0 Å². The molecule has 0 spiro atoms. The van der Waals surface area contributed by atoms with Crippen LogP contribution in [0.2, 0.25) is 0 Å². The van der Waals surface area contributed by atoms with Gasteiger partial charge in [0.1, 0.15) is 23.7 Å². The molecule has 3 rings (SSSR count). The number of ether oxygens (including phenoxy) is 2. The number of nitrogens with zero attached hydrogens (tertiary/aromatic N) is 3. The number of rotatable bonds is 8. The molecule has 8 heteroatoms.